The second kappa shape index (κ2) is 10.3. The number of benzene rings is 2. The average molecular weight is 426 g/mol. The van der Waals surface area contributed by atoms with Crippen molar-refractivity contribution in [3.05, 3.63) is 65.5 Å². The van der Waals surface area contributed by atoms with E-state index in [2.05, 4.69) is 43.2 Å². The molecule has 3 rings (SSSR count). The Morgan fingerprint density at radius 1 is 1.03 bits per heavy atom. The zero-order valence-electron chi connectivity index (χ0n) is 17.7. The highest BCUT2D eigenvalue weighted by Crippen LogP contribution is 2.25. The number of rotatable bonds is 9. The molecule has 1 N–H and O–H groups in total. The fourth-order valence-corrected chi connectivity index (χ4v) is 3.46. The number of nitrogens with zero attached hydrogens (tertiary/aromatic N) is 2. The fraction of sp³-hybridized carbons (Fsp3) is 0.348. The molecular formula is C23H27N3O3S. The minimum atomic E-state index is -0.116. The van der Waals surface area contributed by atoms with Crippen molar-refractivity contribution in [2.24, 2.45) is 0 Å². The van der Waals surface area contributed by atoms with Gasteiger partial charge in [-0.2, -0.15) is 0 Å². The van der Waals surface area contributed by atoms with Crippen molar-refractivity contribution in [1.82, 2.24) is 10.2 Å². The number of ether oxygens (including phenoxy) is 1. The normalized spacial score (nSPS) is 11.1. The largest absolute Gasteiger partial charge is 0.484 e. The molecule has 0 saturated heterocycles. The van der Waals surface area contributed by atoms with Crippen LogP contribution < -0.4 is 10.1 Å². The second-order valence-corrected chi connectivity index (χ2v) is 8.48. The van der Waals surface area contributed by atoms with Crippen molar-refractivity contribution in [3.8, 4) is 5.75 Å². The van der Waals surface area contributed by atoms with Crippen LogP contribution in [-0.4, -0.2) is 21.9 Å². The third-order valence-electron chi connectivity index (χ3n) is 4.54. The lowest BCUT2D eigenvalue weighted by Crippen LogP contribution is -2.15. The van der Waals surface area contributed by atoms with E-state index in [-0.39, 0.29) is 18.3 Å². The molecule has 0 radical (unpaired) electrons. The summed E-state index contributed by atoms with van der Waals surface area (Å²) in [7, 11) is 0. The first kappa shape index (κ1) is 21.9. The van der Waals surface area contributed by atoms with Crippen LogP contribution in [0.3, 0.4) is 0 Å². The van der Waals surface area contributed by atoms with Gasteiger partial charge in [0.05, 0.1) is 5.75 Å². The summed E-state index contributed by atoms with van der Waals surface area (Å²) in [6.07, 6.45) is 0. The van der Waals surface area contributed by atoms with Crippen molar-refractivity contribution >= 4 is 23.4 Å². The Kier molecular flexibility index (Phi) is 7.52. The number of hydrogen-bond acceptors (Lipinski definition) is 6. The lowest BCUT2D eigenvalue weighted by Gasteiger charge is -2.13. The number of amides is 1. The van der Waals surface area contributed by atoms with Crippen LogP contribution >= 0.6 is 11.8 Å². The summed E-state index contributed by atoms with van der Waals surface area (Å²) < 4.78 is 11.3. The van der Waals surface area contributed by atoms with Gasteiger partial charge in [-0.3, -0.25) is 4.79 Å². The molecule has 0 atom stereocenters. The van der Waals surface area contributed by atoms with E-state index in [1.807, 2.05) is 48.5 Å². The Bertz CT molecular complexity index is 968. The maximum absolute atomic E-state index is 12.3. The van der Waals surface area contributed by atoms with Gasteiger partial charge in [0.2, 0.25) is 5.91 Å². The third-order valence-corrected chi connectivity index (χ3v) is 5.36. The number of hydrogen-bond donors (Lipinski definition) is 1. The molecule has 1 heterocycles. The molecule has 6 nitrogen and oxygen atoms in total. The topological polar surface area (TPSA) is 77.2 Å². The standard InChI is InChI=1S/C23H27N3O3S/c1-15(2)17-9-11-18(12-10-17)28-13-22-25-26-23(29-22)30-14-21(27)24-20-8-6-5-7-19(20)16(3)4/h5-12,15-16H,13-14H2,1-4H3,(H,24,27). The smallest absolute Gasteiger partial charge is 0.277 e. The van der Waals surface area contributed by atoms with Crippen LogP contribution in [0.5, 0.6) is 5.75 Å². The first-order chi connectivity index (χ1) is 14.4. The zero-order valence-corrected chi connectivity index (χ0v) is 18.5. The van der Waals surface area contributed by atoms with Crippen molar-refractivity contribution in [2.45, 2.75) is 51.4 Å². The highest BCUT2D eigenvalue weighted by Gasteiger charge is 2.13. The molecule has 1 aromatic heterocycles. The summed E-state index contributed by atoms with van der Waals surface area (Å²) in [6.45, 7) is 8.68. The van der Waals surface area contributed by atoms with Crippen molar-refractivity contribution in [2.75, 3.05) is 11.1 Å². The molecule has 158 valence electrons. The Labute approximate surface area is 181 Å². The number of thioether (sulfide) groups is 1. The number of carbonyl (C=O) groups excluding carboxylic acids is 1. The van der Waals surface area contributed by atoms with E-state index >= 15 is 0 Å². The van der Waals surface area contributed by atoms with Crippen LogP contribution in [-0.2, 0) is 11.4 Å². The van der Waals surface area contributed by atoms with Gasteiger partial charge in [-0.05, 0) is 41.2 Å². The van der Waals surface area contributed by atoms with Crippen molar-refractivity contribution in [1.29, 1.82) is 0 Å². The van der Waals surface area contributed by atoms with Crippen LogP contribution in [0.4, 0.5) is 5.69 Å². The molecular weight excluding hydrogens is 398 g/mol. The summed E-state index contributed by atoms with van der Waals surface area (Å²) in [5.41, 5.74) is 3.20. The molecule has 7 heteroatoms. The summed E-state index contributed by atoms with van der Waals surface area (Å²) >= 11 is 1.20. The zero-order chi connectivity index (χ0) is 21.5. The fourth-order valence-electron chi connectivity index (χ4n) is 2.88. The molecule has 0 aliphatic heterocycles. The molecule has 0 aliphatic carbocycles. The number of para-hydroxylation sites is 1. The first-order valence-corrected chi connectivity index (χ1v) is 11.0. The van der Waals surface area contributed by atoms with Crippen molar-refractivity contribution < 1.29 is 13.9 Å². The highest BCUT2D eigenvalue weighted by molar-refractivity contribution is 7.99. The molecule has 0 bridgehead atoms. The van der Waals surface area contributed by atoms with Gasteiger partial charge in [0.25, 0.3) is 11.1 Å². The van der Waals surface area contributed by atoms with Crippen LogP contribution in [0.25, 0.3) is 0 Å². The third kappa shape index (κ3) is 6.10. The summed E-state index contributed by atoms with van der Waals surface area (Å²) in [6, 6.07) is 15.8. The predicted molar refractivity (Wildman–Crippen MR) is 119 cm³/mol. The van der Waals surface area contributed by atoms with Gasteiger partial charge in [0.15, 0.2) is 6.61 Å². The molecule has 1 amide bonds. The van der Waals surface area contributed by atoms with Gasteiger partial charge in [-0.1, -0.05) is 69.8 Å². The maximum Gasteiger partial charge on any atom is 0.277 e. The first-order valence-electron chi connectivity index (χ1n) is 9.99. The Hall–Kier alpha value is -2.80. The Morgan fingerprint density at radius 2 is 1.77 bits per heavy atom. The quantitative estimate of drug-likeness (QED) is 0.448. The number of aromatic nitrogens is 2. The molecule has 0 spiro atoms. The van der Waals surface area contributed by atoms with E-state index in [0.29, 0.717) is 22.9 Å². The summed E-state index contributed by atoms with van der Waals surface area (Å²) in [4.78, 5) is 12.3. The van der Waals surface area contributed by atoms with Crippen LogP contribution in [0, 0.1) is 0 Å². The van der Waals surface area contributed by atoms with E-state index in [9.17, 15) is 4.79 Å². The minimum Gasteiger partial charge on any atom is -0.484 e. The van der Waals surface area contributed by atoms with E-state index in [4.69, 9.17) is 9.15 Å². The van der Waals surface area contributed by atoms with E-state index in [0.717, 1.165) is 17.0 Å². The van der Waals surface area contributed by atoms with E-state index in [1.54, 1.807) is 0 Å². The van der Waals surface area contributed by atoms with Crippen LogP contribution in [0.1, 0.15) is 56.5 Å². The number of nitrogens with one attached hydrogen (secondary N) is 1. The molecule has 0 fully saturated rings. The second-order valence-electron chi connectivity index (χ2n) is 7.55. The number of anilines is 1. The minimum absolute atomic E-state index is 0.116. The molecule has 0 saturated carbocycles. The molecule has 3 aromatic rings. The van der Waals surface area contributed by atoms with Gasteiger partial charge in [-0.15, -0.1) is 10.2 Å². The van der Waals surface area contributed by atoms with Crippen LogP contribution in [0.15, 0.2) is 58.2 Å². The highest BCUT2D eigenvalue weighted by atomic mass is 32.2. The maximum atomic E-state index is 12.3. The average Bonchev–Trinajstić information content (AvgIpc) is 3.19. The molecule has 2 aromatic carbocycles. The lowest BCUT2D eigenvalue weighted by molar-refractivity contribution is -0.113. The van der Waals surface area contributed by atoms with E-state index in [1.165, 1.54) is 17.3 Å². The van der Waals surface area contributed by atoms with Gasteiger partial charge in [0.1, 0.15) is 5.75 Å². The molecule has 0 unspecified atom stereocenters. The summed E-state index contributed by atoms with van der Waals surface area (Å²) in [5.74, 6) is 1.99. The Morgan fingerprint density at radius 3 is 2.47 bits per heavy atom. The van der Waals surface area contributed by atoms with Gasteiger partial charge >= 0.3 is 0 Å². The summed E-state index contributed by atoms with van der Waals surface area (Å²) in [5, 5.41) is 11.3. The Balaban J connectivity index is 1.48. The number of carbonyl (C=O) groups is 1. The lowest BCUT2D eigenvalue weighted by atomic mass is 10.0. The SMILES string of the molecule is CC(C)c1ccc(OCc2nnc(SCC(=O)Nc3ccccc3C(C)C)o2)cc1. The van der Waals surface area contributed by atoms with E-state index < -0.39 is 0 Å². The van der Waals surface area contributed by atoms with Gasteiger partial charge < -0.3 is 14.5 Å². The van der Waals surface area contributed by atoms with Crippen LogP contribution in [0.2, 0.25) is 0 Å². The van der Waals surface area contributed by atoms with Gasteiger partial charge in [-0.25, -0.2) is 0 Å². The predicted octanol–water partition coefficient (Wildman–Crippen LogP) is 5.63. The molecule has 30 heavy (non-hydrogen) atoms. The van der Waals surface area contributed by atoms with Crippen molar-refractivity contribution in [3.63, 3.8) is 0 Å². The van der Waals surface area contributed by atoms with Gasteiger partial charge in [0, 0.05) is 5.69 Å². The molecule has 0 aliphatic rings. The monoisotopic (exact) mass is 425 g/mol.